The summed E-state index contributed by atoms with van der Waals surface area (Å²) in [6, 6.07) is 5.32. The maximum Gasteiger partial charge on any atom is 0.166 e. The van der Waals surface area contributed by atoms with Crippen molar-refractivity contribution in [1.82, 2.24) is 0 Å². The van der Waals surface area contributed by atoms with Gasteiger partial charge in [0, 0.05) is 18.3 Å². The minimum Gasteiger partial charge on any atom is -0.504 e. The molecule has 0 aliphatic carbocycles. The number of phenols is 1. The summed E-state index contributed by atoms with van der Waals surface area (Å²) in [7, 11) is 1.52. The number of methoxy groups -OCH3 is 1. The standard InChI is InChI=1S/C11H15NO2S/c1-14-10-5-2-4-9(11(10)13)8-12-6-3-7-15/h2,4-5,8,13,15H,3,6-7H2,1H3. The zero-order valence-corrected chi connectivity index (χ0v) is 9.58. The van der Waals surface area contributed by atoms with Crippen LogP contribution in [-0.4, -0.2) is 30.7 Å². The van der Waals surface area contributed by atoms with E-state index in [9.17, 15) is 5.11 Å². The van der Waals surface area contributed by atoms with E-state index in [0.717, 1.165) is 18.7 Å². The molecule has 1 rings (SSSR count). The quantitative estimate of drug-likeness (QED) is 0.458. The SMILES string of the molecule is COc1cccc(C=NCCCS)c1O. The minimum atomic E-state index is 0.134. The highest BCUT2D eigenvalue weighted by Gasteiger charge is 2.03. The third kappa shape index (κ3) is 3.47. The fourth-order valence-electron chi connectivity index (χ4n) is 1.13. The van der Waals surface area contributed by atoms with Crippen LogP contribution in [0.2, 0.25) is 0 Å². The lowest BCUT2D eigenvalue weighted by molar-refractivity contribution is 0.373. The Morgan fingerprint density at radius 3 is 3.00 bits per heavy atom. The number of hydrogen-bond acceptors (Lipinski definition) is 4. The molecule has 0 amide bonds. The van der Waals surface area contributed by atoms with Crippen LogP contribution in [0.5, 0.6) is 11.5 Å². The number of phenolic OH excluding ortho intramolecular Hbond substituents is 1. The molecule has 0 fully saturated rings. The number of rotatable bonds is 5. The molecular weight excluding hydrogens is 210 g/mol. The predicted molar refractivity (Wildman–Crippen MR) is 65.6 cm³/mol. The Morgan fingerprint density at radius 1 is 1.53 bits per heavy atom. The van der Waals surface area contributed by atoms with Crippen LogP contribution in [0, 0.1) is 0 Å². The van der Waals surface area contributed by atoms with Crippen molar-refractivity contribution in [3.8, 4) is 11.5 Å². The topological polar surface area (TPSA) is 41.8 Å². The van der Waals surface area contributed by atoms with Crippen molar-refractivity contribution in [2.24, 2.45) is 4.99 Å². The molecule has 1 aromatic carbocycles. The van der Waals surface area contributed by atoms with Gasteiger partial charge < -0.3 is 9.84 Å². The minimum absolute atomic E-state index is 0.134. The van der Waals surface area contributed by atoms with E-state index in [1.165, 1.54) is 7.11 Å². The van der Waals surface area contributed by atoms with Gasteiger partial charge in [-0.1, -0.05) is 6.07 Å². The van der Waals surface area contributed by atoms with Crippen LogP contribution in [0.3, 0.4) is 0 Å². The van der Waals surface area contributed by atoms with Crippen LogP contribution in [0.15, 0.2) is 23.2 Å². The first-order chi connectivity index (χ1) is 7.29. The fraction of sp³-hybridized carbons (Fsp3) is 0.364. The van der Waals surface area contributed by atoms with E-state index in [1.807, 2.05) is 6.07 Å². The Bertz CT molecular complexity index is 339. The molecule has 0 saturated heterocycles. The zero-order valence-electron chi connectivity index (χ0n) is 8.68. The third-order valence-electron chi connectivity index (χ3n) is 1.93. The number of ether oxygens (including phenoxy) is 1. The van der Waals surface area contributed by atoms with Gasteiger partial charge in [0.1, 0.15) is 0 Å². The first-order valence-corrected chi connectivity index (χ1v) is 5.39. The summed E-state index contributed by atoms with van der Waals surface area (Å²) in [5.41, 5.74) is 0.675. The van der Waals surface area contributed by atoms with Gasteiger partial charge in [-0.25, -0.2) is 0 Å². The summed E-state index contributed by atoms with van der Waals surface area (Å²) in [4.78, 5) is 4.18. The van der Waals surface area contributed by atoms with Crippen molar-refractivity contribution < 1.29 is 9.84 Å². The number of nitrogens with zero attached hydrogens (tertiary/aromatic N) is 1. The lowest BCUT2D eigenvalue weighted by Gasteiger charge is -2.04. The molecule has 0 bridgehead atoms. The van der Waals surface area contributed by atoms with E-state index in [0.29, 0.717) is 11.3 Å². The van der Waals surface area contributed by atoms with Gasteiger partial charge >= 0.3 is 0 Å². The molecule has 0 aromatic heterocycles. The second-order valence-corrected chi connectivity index (χ2v) is 3.46. The summed E-state index contributed by atoms with van der Waals surface area (Å²) in [5.74, 6) is 1.42. The Kier molecular flexibility index (Phi) is 5.04. The Morgan fingerprint density at radius 2 is 2.33 bits per heavy atom. The van der Waals surface area contributed by atoms with Gasteiger partial charge in [-0.05, 0) is 24.3 Å². The van der Waals surface area contributed by atoms with Crippen molar-refractivity contribution in [3.63, 3.8) is 0 Å². The van der Waals surface area contributed by atoms with Crippen molar-refractivity contribution in [2.45, 2.75) is 6.42 Å². The molecule has 4 heteroatoms. The lowest BCUT2D eigenvalue weighted by atomic mass is 10.2. The van der Waals surface area contributed by atoms with Crippen LogP contribution < -0.4 is 4.74 Å². The summed E-state index contributed by atoms with van der Waals surface area (Å²) >= 11 is 4.09. The molecule has 3 nitrogen and oxygen atoms in total. The normalized spacial score (nSPS) is 10.8. The molecule has 82 valence electrons. The Balaban J connectivity index is 2.72. The molecule has 0 atom stereocenters. The molecular formula is C11H15NO2S. The number of thiol groups is 1. The number of hydrogen-bond donors (Lipinski definition) is 2. The highest BCUT2D eigenvalue weighted by Crippen LogP contribution is 2.27. The van der Waals surface area contributed by atoms with E-state index in [4.69, 9.17) is 4.74 Å². The van der Waals surface area contributed by atoms with Crippen LogP contribution in [-0.2, 0) is 0 Å². The van der Waals surface area contributed by atoms with E-state index < -0.39 is 0 Å². The van der Waals surface area contributed by atoms with E-state index in [2.05, 4.69) is 17.6 Å². The predicted octanol–water partition coefficient (Wildman–Crippen LogP) is 2.14. The molecule has 15 heavy (non-hydrogen) atoms. The molecule has 1 N–H and O–H groups in total. The molecule has 0 spiro atoms. The number of para-hydroxylation sites is 1. The molecule has 0 saturated carbocycles. The van der Waals surface area contributed by atoms with Crippen molar-refractivity contribution >= 4 is 18.8 Å². The maximum atomic E-state index is 9.71. The largest absolute Gasteiger partial charge is 0.504 e. The Hall–Kier alpha value is -1.16. The van der Waals surface area contributed by atoms with E-state index in [-0.39, 0.29) is 5.75 Å². The number of benzene rings is 1. The van der Waals surface area contributed by atoms with Crippen LogP contribution in [0.25, 0.3) is 0 Å². The van der Waals surface area contributed by atoms with Gasteiger partial charge in [0.2, 0.25) is 0 Å². The van der Waals surface area contributed by atoms with Crippen molar-refractivity contribution in [2.75, 3.05) is 19.4 Å². The van der Waals surface area contributed by atoms with Gasteiger partial charge in [0.25, 0.3) is 0 Å². The van der Waals surface area contributed by atoms with Crippen LogP contribution in [0.1, 0.15) is 12.0 Å². The average Bonchev–Trinajstić information content (AvgIpc) is 2.26. The summed E-state index contributed by atoms with van der Waals surface area (Å²) in [5, 5.41) is 9.71. The maximum absolute atomic E-state index is 9.71. The fourth-order valence-corrected chi connectivity index (χ4v) is 1.27. The zero-order chi connectivity index (χ0) is 11.1. The highest BCUT2D eigenvalue weighted by atomic mass is 32.1. The van der Waals surface area contributed by atoms with E-state index in [1.54, 1.807) is 18.3 Å². The van der Waals surface area contributed by atoms with E-state index >= 15 is 0 Å². The molecule has 0 unspecified atom stereocenters. The van der Waals surface area contributed by atoms with Crippen molar-refractivity contribution in [1.29, 1.82) is 0 Å². The molecule has 0 radical (unpaired) electrons. The smallest absolute Gasteiger partial charge is 0.166 e. The molecule has 0 aliphatic heterocycles. The van der Waals surface area contributed by atoms with Gasteiger partial charge in [0.15, 0.2) is 11.5 Å². The average molecular weight is 225 g/mol. The second-order valence-electron chi connectivity index (χ2n) is 3.01. The van der Waals surface area contributed by atoms with Gasteiger partial charge in [0.05, 0.1) is 7.11 Å². The van der Waals surface area contributed by atoms with Crippen LogP contribution in [0.4, 0.5) is 0 Å². The first kappa shape index (κ1) is 11.9. The summed E-state index contributed by atoms with van der Waals surface area (Å²) < 4.78 is 4.99. The van der Waals surface area contributed by atoms with Crippen LogP contribution >= 0.6 is 12.6 Å². The Labute approximate surface area is 95.2 Å². The monoisotopic (exact) mass is 225 g/mol. The number of aromatic hydroxyl groups is 1. The van der Waals surface area contributed by atoms with Crippen molar-refractivity contribution in [3.05, 3.63) is 23.8 Å². The molecule has 0 aliphatic rings. The van der Waals surface area contributed by atoms with Gasteiger partial charge in [-0.15, -0.1) is 0 Å². The first-order valence-electron chi connectivity index (χ1n) is 4.76. The molecule has 1 aromatic rings. The van der Waals surface area contributed by atoms with Gasteiger partial charge in [-0.3, -0.25) is 4.99 Å². The third-order valence-corrected chi connectivity index (χ3v) is 2.24. The molecule has 0 heterocycles. The number of aliphatic imine (C=N–C) groups is 1. The lowest BCUT2D eigenvalue weighted by Crippen LogP contribution is -1.89. The second kappa shape index (κ2) is 6.35. The summed E-state index contributed by atoms with van der Waals surface area (Å²) in [6.07, 6.45) is 2.59. The van der Waals surface area contributed by atoms with Gasteiger partial charge in [-0.2, -0.15) is 12.6 Å². The summed E-state index contributed by atoms with van der Waals surface area (Å²) in [6.45, 7) is 0.722. The highest BCUT2D eigenvalue weighted by molar-refractivity contribution is 7.80.